The molecule has 5 heteroatoms. The summed E-state index contributed by atoms with van der Waals surface area (Å²) in [6.45, 7) is 2.53. The maximum absolute atomic E-state index is 11.9. The second kappa shape index (κ2) is 5.10. The van der Waals surface area contributed by atoms with Gasteiger partial charge in [0.25, 0.3) is 5.56 Å². The van der Waals surface area contributed by atoms with Crippen LogP contribution in [0.25, 0.3) is 0 Å². The zero-order valence-electron chi connectivity index (χ0n) is 9.34. The highest BCUT2D eigenvalue weighted by Crippen LogP contribution is 2.13. The summed E-state index contributed by atoms with van der Waals surface area (Å²) in [5, 5.41) is 3.78. The molecule has 0 saturated heterocycles. The zero-order chi connectivity index (χ0) is 12.4. The van der Waals surface area contributed by atoms with Crippen LogP contribution in [0.5, 0.6) is 0 Å². The summed E-state index contributed by atoms with van der Waals surface area (Å²) in [5.74, 6) is 0. The molecule has 0 aliphatic heterocycles. The number of nitrogens with zero attached hydrogens (tertiary/aromatic N) is 1. The summed E-state index contributed by atoms with van der Waals surface area (Å²) in [5.41, 5.74) is 1.92. The first kappa shape index (κ1) is 12.5. The van der Waals surface area contributed by atoms with Crippen molar-refractivity contribution >= 4 is 27.5 Å². The van der Waals surface area contributed by atoms with Crippen molar-refractivity contribution < 1.29 is 0 Å². The molecule has 3 nitrogen and oxygen atoms in total. The van der Waals surface area contributed by atoms with Gasteiger partial charge < -0.3 is 0 Å². The van der Waals surface area contributed by atoms with E-state index in [-0.39, 0.29) is 5.56 Å². The van der Waals surface area contributed by atoms with Gasteiger partial charge in [-0.1, -0.05) is 30.7 Å². The number of aromatic amines is 1. The molecule has 0 amide bonds. The molecule has 1 N–H and O–H groups in total. The van der Waals surface area contributed by atoms with Crippen molar-refractivity contribution in [1.82, 2.24) is 9.78 Å². The lowest BCUT2D eigenvalue weighted by Crippen LogP contribution is -2.17. The fourth-order valence-electron chi connectivity index (χ4n) is 1.63. The molecule has 0 atom stereocenters. The quantitative estimate of drug-likeness (QED) is 0.928. The highest BCUT2D eigenvalue weighted by atomic mass is 79.9. The van der Waals surface area contributed by atoms with Crippen LogP contribution < -0.4 is 5.56 Å². The van der Waals surface area contributed by atoms with E-state index in [0.29, 0.717) is 16.0 Å². The van der Waals surface area contributed by atoms with Crippen molar-refractivity contribution in [3.63, 3.8) is 0 Å². The molecule has 0 unspecified atom stereocenters. The van der Waals surface area contributed by atoms with Gasteiger partial charge in [-0.2, -0.15) is 0 Å². The van der Waals surface area contributed by atoms with Gasteiger partial charge in [0.1, 0.15) is 4.47 Å². The predicted molar refractivity (Wildman–Crippen MR) is 72.7 cm³/mol. The molecule has 1 heterocycles. The van der Waals surface area contributed by atoms with E-state index in [1.807, 2.05) is 31.2 Å². The van der Waals surface area contributed by atoms with Gasteiger partial charge in [0, 0.05) is 5.02 Å². The fraction of sp³-hybridized carbons (Fsp3) is 0.250. The molecule has 0 spiro atoms. The molecule has 1 aromatic carbocycles. The number of benzene rings is 1. The summed E-state index contributed by atoms with van der Waals surface area (Å²) in [7, 11) is 0. The summed E-state index contributed by atoms with van der Waals surface area (Å²) >= 11 is 9.11. The van der Waals surface area contributed by atoms with Crippen LogP contribution in [-0.4, -0.2) is 9.78 Å². The summed E-state index contributed by atoms with van der Waals surface area (Å²) in [6, 6.07) is 7.46. The summed E-state index contributed by atoms with van der Waals surface area (Å²) in [6.07, 6.45) is 0.795. The summed E-state index contributed by atoms with van der Waals surface area (Å²) in [4.78, 5) is 11.9. The molecule has 0 radical (unpaired) electrons. The van der Waals surface area contributed by atoms with E-state index in [4.69, 9.17) is 11.6 Å². The van der Waals surface area contributed by atoms with Crippen LogP contribution in [0.1, 0.15) is 18.2 Å². The molecule has 2 rings (SSSR count). The van der Waals surface area contributed by atoms with Gasteiger partial charge in [-0.05, 0) is 40.0 Å². The van der Waals surface area contributed by atoms with Crippen LogP contribution in [0, 0.1) is 0 Å². The molecule has 17 heavy (non-hydrogen) atoms. The lowest BCUT2D eigenvalue weighted by atomic mass is 10.2. The molecule has 90 valence electrons. The van der Waals surface area contributed by atoms with Gasteiger partial charge in [-0.3, -0.25) is 9.89 Å². The van der Waals surface area contributed by atoms with E-state index in [1.165, 1.54) is 0 Å². The Morgan fingerprint density at radius 1 is 1.35 bits per heavy atom. The Morgan fingerprint density at radius 2 is 2.00 bits per heavy atom. The van der Waals surface area contributed by atoms with E-state index in [1.54, 1.807) is 4.68 Å². The Hall–Kier alpha value is -1.00. The first-order chi connectivity index (χ1) is 8.11. The second-order valence-corrected chi connectivity index (χ2v) is 5.01. The second-order valence-electron chi connectivity index (χ2n) is 3.78. The standard InChI is InChI=1S/C12H12BrClN2O/c1-2-10-11(13)12(17)16(15-10)7-8-3-5-9(14)6-4-8/h3-6,15H,2,7H2,1H3. The minimum atomic E-state index is -0.0307. The van der Waals surface area contributed by atoms with Gasteiger partial charge in [-0.25, -0.2) is 4.68 Å². The van der Waals surface area contributed by atoms with Crippen LogP contribution >= 0.6 is 27.5 Å². The van der Waals surface area contributed by atoms with Crippen molar-refractivity contribution in [2.24, 2.45) is 0 Å². The Kier molecular flexibility index (Phi) is 3.74. The average Bonchev–Trinajstić information content (AvgIpc) is 2.60. The Bertz CT molecular complexity index is 571. The number of halogens is 2. The highest BCUT2D eigenvalue weighted by molar-refractivity contribution is 9.10. The third-order valence-corrected chi connectivity index (χ3v) is 3.65. The number of nitrogens with one attached hydrogen (secondary N) is 1. The van der Waals surface area contributed by atoms with Crippen molar-refractivity contribution in [2.45, 2.75) is 19.9 Å². The van der Waals surface area contributed by atoms with Gasteiger partial charge in [0.15, 0.2) is 0 Å². The lowest BCUT2D eigenvalue weighted by Gasteiger charge is -2.02. The van der Waals surface area contributed by atoms with Crippen LogP contribution in [0.15, 0.2) is 33.5 Å². The maximum atomic E-state index is 11.9. The van der Waals surface area contributed by atoms with Gasteiger partial charge >= 0.3 is 0 Å². The lowest BCUT2D eigenvalue weighted by molar-refractivity contribution is 0.652. The molecular weight excluding hydrogens is 304 g/mol. The van der Waals surface area contributed by atoms with Crippen LogP contribution in [0.4, 0.5) is 0 Å². The summed E-state index contributed by atoms with van der Waals surface area (Å²) < 4.78 is 2.21. The fourth-order valence-corrected chi connectivity index (χ4v) is 2.34. The highest BCUT2D eigenvalue weighted by Gasteiger charge is 2.09. The monoisotopic (exact) mass is 314 g/mol. The molecule has 2 aromatic rings. The molecule has 1 aromatic heterocycles. The number of rotatable bonds is 3. The van der Waals surface area contributed by atoms with Crippen molar-refractivity contribution in [2.75, 3.05) is 0 Å². The van der Waals surface area contributed by atoms with E-state index in [0.717, 1.165) is 17.7 Å². The van der Waals surface area contributed by atoms with Crippen LogP contribution in [0.3, 0.4) is 0 Å². The van der Waals surface area contributed by atoms with Gasteiger partial charge in [0.05, 0.1) is 12.2 Å². The minimum Gasteiger partial charge on any atom is -0.298 e. The van der Waals surface area contributed by atoms with Crippen molar-refractivity contribution in [1.29, 1.82) is 0 Å². The largest absolute Gasteiger partial charge is 0.298 e. The first-order valence-corrected chi connectivity index (χ1v) is 6.50. The average molecular weight is 316 g/mol. The van der Waals surface area contributed by atoms with Crippen molar-refractivity contribution in [3.8, 4) is 0 Å². The Labute approximate surface area is 113 Å². The topological polar surface area (TPSA) is 37.8 Å². The number of hydrogen-bond donors (Lipinski definition) is 1. The van der Waals surface area contributed by atoms with Gasteiger partial charge in [0.2, 0.25) is 0 Å². The zero-order valence-corrected chi connectivity index (χ0v) is 11.7. The molecule has 0 bridgehead atoms. The smallest absolute Gasteiger partial charge is 0.281 e. The maximum Gasteiger partial charge on any atom is 0.281 e. The Balaban J connectivity index is 2.30. The molecule has 0 aliphatic rings. The van der Waals surface area contributed by atoms with E-state index < -0.39 is 0 Å². The number of hydrogen-bond acceptors (Lipinski definition) is 1. The number of H-pyrrole nitrogens is 1. The molecule has 0 fully saturated rings. The molecule has 0 saturated carbocycles. The van der Waals surface area contributed by atoms with E-state index >= 15 is 0 Å². The van der Waals surface area contributed by atoms with Crippen LogP contribution in [0.2, 0.25) is 5.02 Å². The third-order valence-electron chi connectivity index (χ3n) is 2.58. The molecule has 0 aliphatic carbocycles. The number of aromatic nitrogens is 2. The predicted octanol–water partition coefficient (Wildman–Crippen LogP) is 3.20. The Morgan fingerprint density at radius 3 is 2.53 bits per heavy atom. The number of aryl methyl sites for hydroxylation is 1. The van der Waals surface area contributed by atoms with E-state index in [2.05, 4.69) is 21.0 Å². The normalized spacial score (nSPS) is 10.8. The van der Waals surface area contributed by atoms with Crippen LogP contribution in [-0.2, 0) is 13.0 Å². The SMILES string of the molecule is CCc1[nH]n(Cc2ccc(Cl)cc2)c(=O)c1Br. The van der Waals surface area contributed by atoms with E-state index in [9.17, 15) is 4.79 Å². The first-order valence-electron chi connectivity index (χ1n) is 5.33. The minimum absolute atomic E-state index is 0.0307. The third kappa shape index (κ3) is 2.64. The van der Waals surface area contributed by atoms with Gasteiger partial charge in [-0.15, -0.1) is 0 Å². The molecular formula is C12H12BrClN2O. The van der Waals surface area contributed by atoms with Crippen molar-refractivity contribution in [3.05, 3.63) is 55.4 Å².